The van der Waals surface area contributed by atoms with Gasteiger partial charge in [-0.05, 0) is 30.3 Å². The average Bonchev–Trinajstić information content (AvgIpc) is 3.12. The van der Waals surface area contributed by atoms with E-state index in [9.17, 15) is 9.90 Å². The summed E-state index contributed by atoms with van der Waals surface area (Å²) in [6, 6.07) is 14.3. The number of aromatic nitrogens is 2. The molecule has 0 unspecified atom stereocenters. The Hall–Kier alpha value is -3.48. The van der Waals surface area contributed by atoms with E-state index < -0.39 is 5.97 Å². The van der Waals surface area contributed by atoms with Crippen molar-refractivity contribution in [3.63, 3.8) is 0 Å². The maximum atomic E-state index is 11.8. The van der Waals surface area contributed by atoms with Gasteiger partial charge < -0.3 is 19.9 Å². The number of methoxy groups -OCH3 is 2. The molecule has 0 saturated carbocycles. The topological polar surface area (TPSA) is 85.6 Å². The van der Waals surface area contributed by atoms with Crippen LogP contribution in [-0.2, 0) is 5.41 Å². The molecule has 0 saturated heterocycles. The van der Waals surface area contributed by atoms with Crippen LogP contribution in [-0.4, -0.2) is 35.1 Å². The van der Waals surface area contributed by atoms with Gasteiger partial charge in [-0.25, -0.2) is 9.48 Å². The molecule has 1 aromatic heterocycles. The van der Waals surface area contributed by atoms with Crippen LogP contribution in [0.2, 0.25) is 0 Å². The summed E-state index contributed by atoms with van der Waals surface area (Å²) in [6.45, 7) is 6.21. The number of nitrogens with zero attached hydrogens (tertiary/aromatic N) is 2. The van der Waals surface area contributed by atoms with Crippen molar-refractivity contribution >= 4 is 17.5 Å². The van der Waals surface area contributed by atoms with Crippen molar-refractivity contribution in [2.24, 2.45) is 0 Å². The summed E-state index contributed by atoms with van der Waals surface area (Å²) in [7, 11) is 3.10. The number of anilines is 2. The van der Waals surface area contributed by atoms with Crippen molar-refractivity contribution in [2.75, 3.05) is 19.5 Å². The normalized spacial score (nSPS) is 11.2. The first kappa shape index (κ1) is 20.3. The zero-order chi connectivity index (χ0) is 21.2. The van der Waals surface area contributed by atoms with E-state index in [0.29, 0.717) is 23.0 Å². The van der Waals surface area contributed by atoms with Gasteiger partial charge >= 0.3 is 5.97 Å². The first-order valence-electron chi connectivity index (χ1n) is 9.17. The van der Waals surface area contributed by atoms with E-state index in [-0.39, 0.29) is 11.0 Å². The Morgan fingerprint density at radius 3 is 2.41 bits per heavy atom. The van der Waals surface area contributed by atoms with Gasteiger partial charge in [0.1, 0.15) is 23.0 Å². The molecule has 0 atom stereocenters. The van der Waals surface area contributed by atoms with Gasteiger partial charge in [-0.3, -0.25) is 0 Å². The summed E-state index contributed by atoms with van der Waals surface area (Å²) in [5, 5.41) is 17.6. The van der Waals surface area contributed by atoms with E-state index in [0.717, 1.165) is 11.4 Å². The van der Waals surface area contributed by atoms with Crippen LogP contribution < -0.4 is 14.8 Å². The van der Waals surface area contributed by atoms with Gasteiger partial charge in [-0.1, -0.05) is 32.9 Å². The van der Waals surface area contributed by atoms with Gasteiger partial charge in [-0.2, -0.15) is 5.10 Å². The predicted molar refractivity (Wildman–Crippen MR) is 112 cm³/mol. The third-order valence-corrected chi connectivity index (χ3v) is 4.51. The van der Waals surface area contributed by atoms with Crippen molar-refractivity contribution < 1.29 is 19.4 Å². The molecule has 0 aliphatic carbocycles. The second kappa shape index (κ2) is 7.87. The number of hydrogen-bond acceptors (Lipinski definition) is 5. The van der Waals surface area contributed by atoms with Gasteiger partial charge in [0, 0.05) is 11.5 Å². The summed E-state index contributed by atoms with van der Waals surface area (Å²) in [5.74, 6) is 0.715. The number of para-hydroxylation sites is 2. The number of rotatable bonds is 6. The first-order valence-corrected chi connectivity index (χ1v) is 9.17. The minimum Gasteiger partial charge on any atom is -0.497 e. The van der Waals surface area contributed by atoms with Crippen molar-refractivity contribution in [2.45, 2.75) is 26.2 Å². The van der Waals surface area contributed by atoms with Gasteiger partial charge in [0.05, 0.1) is 31.2 Å². The number of benzene rings is 2. The molecule has 29 heavy (non-hydrogen) atoms. The highest BCUT2D eigenvalue weighted by molar-refractivity contribution is 5.95. The van der Waals surface area contributed by atoms with Crippen LogP contribution in [0.15, 0.2) is 48.5 Å². The van der Waals surface area contributed by atoms with Crippen molar-refractivity contribution in [3.8, 4) is 17.2 Å². The van der Waals surface area contributed by atoms with Crippen LogP contribution in [0, 0.1) is 0 Å². The Balaban J connectivity index is 2.15. The van der Waals surface area contributed by atoms with Crippen LogP contribution >= 0.6 is 0 Å². The Morgan fingerprint density at radius 2 is 1.79 bits per heavy atom. The minimum atomic E-state index is -1.05. The highest BCUT2D eigenvalue weighted by Crippen LogP contribution is 2.33. The van der Waals surface area contributed by atoms with E-state index in [1.54, 1.807) is 23.9 Å². The fourth-order valence-electron chi connectivity index (χ4n) is 2.90. The van der Waals surface area contributed by atoms with Gasteiger partial charge in [-0.15, -0.1) is 0 Å². The van der Waals surface area contributed by atoms with Gasteiger partial charge in [0.2, 0.25) is 0 Å². The summed E-state index contributed by atoms with van der Waals surface area (Å²) in [4.78, 5) is 11.8. The number of ether oxygens (including phenoxy) is 2. The van der Waals surface area contributed by atoms with E-state index in [1.807, 2.05) is 30.3 Å². The summed E-state index contributed by atoms with van der Waals surface area (Å²) in [5.41, 5.74) is 1.96. The van der Waals surface area contributed by atoms with Crippen LogP contribution in [0.3, 0.4) is 0 Å². The lowest BCUT2D eigenvalue weighted by Crippen LogP contribution is -2.13. The highest BCUT2D eigenvalue weighted by Gasteiger charge is 2.23. The average molecular weight is 395 g/mol. The van der Waals surface area contributed by atoms with Crippen LogP contribution in [0.5, 0.6) is 11.5 Å². The third kappa shape index (κ3) is 4.18. The summed E-state index contributed by atoms with van der Waals surface area (Å²) in [6.07, 6.45) is 0. The standard InChI is InChI=1S/C22H25N3O4/c1-22(2,3)19-13-20(25(24-19)17-8-6-7-9-18(17)29-5)23-16-11-10-14(28-4)12-15(16)21(26)27/h6-13,23H,1-5H3,(H,26,27). The van der Waals surface area contributed by atoms with Crippen molar-refractivity contribution in [3.05, 3.63) is 59.8 Å². The molecule has 0 amide bonds. The largest absolute Gasteiger partial charge is 0.497 e. The number of carboxylic acid groups (broad SMARTS) is 1. The molecule has 0 aliphatic heterocycles. The molecule has 0 bridgehead atoms. The minimum absolute atomic E-state index is 0.106. The molecule has 3 rings (SSSR count). The molecular weight excluding hydrogens is 370 g/mol. The molecule has 1 heterocycles. The second-order valence-corrected chi connectivity index (χ2v) is 7.59. The quantitative estimate of drug-likeness (QED) is 0.633. The monoisotopic (exact) mass is 395 g/mol. The molecular formula is C22H25N3O4. The SMILES string of the molecule is COc1ccc(Nc2cc(C(C)(C)C)nn2-c2ccccc2OC)c(C(=O)O)c1. The molecule has 2 N–H and O–H groups in total. The molecule has 0 fully saturated rings. The zero-order valence-corrected chi connectivity index (χ0v) is 17.2. The lowest BCUT2D eigenvalue weighted by atomic mass is 9.92. The Labute approximate surface area is 169 Å². The van der Waals surface area contributed by atoms with Crippen LogP contribution in [0.25, 0.3) is 5.69 Å². The molecule has 0 spiro atoms. The molecule has 2 aromatic carbocycles. The van der Waals surface area contributed by atoms with E-state index in [2.05, 4.69) is 26.1 Å². The smallest absolute Gasteiger partial charge is 0.337 e. The van der Waals surface area contributed by atoms with E-state index in [1.165, 1.54) is 13.2 Å². The van der Waals surface area contributed by atoms with Gasteiger partial charge in [0.25, 0.3) is 0 Å². The molecule has 0 aliphatic rings. The molecule has 7 heteroatoms. The lowest BCUT2D eigenvalue weighted by Gasteiger charge is -2.15. The van der Waals surface area contributed by atoms with Gasteiger partial charge in [0.15, 0.2) is 0 Å². The Morgan fingerprint density at radius 1 is 1.07 bits per heavy atom. The Kier molecular flexibility index (Phi) is 5.50. The number of hydrogen-bond donors (Lipinski definition) is 2. The predicted octanol–water partition coefficient (Wildman–Crippen LogP) is 4.63. The number of aromatic carboxylic acids is 1. The molecule has 152 valence electrons. The maximum Gasteiger partial charge on any atom is 0.337 e. The lowest BCUT2D eigenvalue weighted by molar-refractivity contribution is 0.0697. The third-order valence-electron chi connectivity index (χ3n) is 4.51. The molecule has 3 aromatic rings. The molecule has 7 nitrogen and oxygen atoms in total. The van der Waals surface area contributed by atoms with Crippen LogP contribution in [0.1, 0.15) is 36.8 Å². The van der Waals surface area contributed by atoms with Crippen molar-refractivity contribution in [1.82, 2.24) is 9.78 Å². The summed E-state index contributed by atoms with van der Waals surface area (Å²) < 4.78 is 12.4. The van der Waals surface area contributed by atoms with Crippen molar-refractivity contribution in [1.29, 1.82) is 0 Å². The highest BCUT2D eigenvalue weighted by atomic mass is 16.5. The van der Waals surface area contributed by atoms with E-state index >= 15 is 0 Å². The first-order chi connectivity index (χ1) is 13.7. The fraction of sp³-hybridized carbons (Fsp3) is 0.273. The fourth-order valence-corrected chi connectivity index (χ4v) is 2.90. The molecule has 0 radical (unpaired) electrons. The van der Waals surface area contributed by atoms with Crippen LogP contribution in [0.4, 0.5) is 11.5 Å². The number of carboxylic acids is 1. The second-order valence-electron chi connectivity index (χ2n) is 7.59. The number of carbonyl (C=O) groups is 1. The summed E-state index contributed by atoms with van der Waals surface area (Å²) >= 11 is 0. The zero-order valence-electron chi connectivity index (χ0n) is 17.2. The Bertz CT molecular complexity index is 1030. The maximum absolute atomic E-state index is 11.8. The number of nitrogens with one attached hydrogen (secondary N) is 1. The van der Waals surface area contributed by atoms with E-state index in [4.69, 9.17) is 14.6 Å².